The Morgan fingerprint density at radius 2 is 2.11 bits per heavy atom. The monoisotopic (exact) mass is 302 g/mol. The molecule has 0 bridgehead atoms. The molecule has 6 heteroatoms. The quantitative estimate of drug-likeness (QED) is 0.811. The fourth-order valence-electron chi connectivity index (χ4n) is 2.35. The molecule has 0 aromatic carbocycles. The van der Waals surface area contributed by atoms with Crippen LogP contribution in [0.1, 0.15) is 37.5 Å². The van der Waals surface area contributed by atoms with Crippen LogP contribution in [0.2, 0.25) is 0 Å². The predicted molar refractivity (Wildman–Crippen MR) is 79.1 cm³/mol. The zero-order valence-electron chi connectivity index (χ0n) is 11.5. The third-order valence-electron chi connectivity index (χ3n) is 3.86. The highest BCUT2D eigenvalue weighted by molar-refractivity contribution is 7.91. The summed E-state index contributed by atoms with van der Waals surface area (Å²) < 4.78 is 28.1. The van der Waals surface area contributed by atoms with Gasteiger partial charge in [-0.05, 0) is 57.8 Å². The summed E-state index contributed by atoms with van der Waals surface area (Å²) in [6.45, 7) is 2.92. The molecule has 4 nitrogen and oxygen atoms in total. The van der Waals surface area contributed by atoms with E-state index in [0.717, 1.165) is 43.5 Å². The van der Waals surface area contributed by atoms with E-state index in [4.69, 9.17) is 0 Å². The molecule has 19 heavy (non-hydrogen) atoms. The molecule has 1 aliphatic rings. The zero-order valence-corrected chi connectivity index (χ0v) is 13.2. The van der Waals surface area contributed by atoms with Gasteiger partial charge in [-0.15, -0.1) is 11.3 Å². The number of hydrogen-bond donors (Lipinski definition) is 2. The molecule has 0 amide bonds. The van der Waals surface area contributed by atoms with Gasteiger partial charge in [0.15, 0.2) is 0 Å². The van der Waals surface area contributed by atoms with Crippen LogP contribution in [0.15, 0.2) is 16.3 Å². The van der Waals surface area contributed by atoms with E-state index in [9.17, 15) is 8.42 Å². The lowest BCUT2D eigenvalue weighted by Gasteiger charge is -2.41. The smallest absolute Gasteiger partial charge is 0.250 e. The molecule has 0 radical (unpaired) electrons. The third-order valence-corrected chi connectivity index (χ3v) is 7.08. The highest BCUT2D eigenvalue weighted by Gasteiger charge is 2.39. The maximum absolute atomic E-state index is 12.4. The largest absolute Gasteiger partial charge is 0.319 e. The van der Waals surface area contributed by atoms with Crippen LogP contribution in [0.25, 0.3) is 0 Å². The predicted octanol–water partition coefficient (Wildman–Crippen LogP) is 2.12. The number of thiophene rings is 1. The SMILES string of the molecule is CCC1(NS(=O)(=O)c2ccc(CCNC)s2)CCC1. The Kier molecular flexibility index (Phi) is 4.66. The summed E-state index contributed by atoms with van der Waals surface area (Å²) in [4.78, 5) is 1.11. The summed E-state index contributed by atoms with van der Waals surface area (Å²) >= 11 is 1.38. The average Bonchev–Trinajstić information content (AvgIpc) is 2.81. The average molecular weight is 302 g/mol. The lowest BCUT2D eigenvalue weighted by Crippen LogP contribution is -2.52. The lowest BCUT2D eigenvalue weighted by molar-refractivity contribution is 0.214. The fraction of sp³-hybridized carbons (Fsp3) is 0.692. The van der Waals surface area contributed by atoms with E-state index in [1.807, 2.05) is 13.1 Å². The number of rotatable bonds is 7. The van der Waals surface area contributed by atoms with E-state index in [1.165, 1.54) is 11.3 Å². The summed E-state index contributed by atoms with van der Waals surface area (Å²) in [7, 11) is -1.45. The second-order valence-corrected chi connectivity index (χ2v) is 8.24. The Morgan fingerprint density at radius 1 is 1.37 bits per heavy atom. The Labute approximate surface area is 119 Å². The van der Waals surface area contributed by atoms with Crippen molar-refractivity contribution in [2.24, 2.45) is 0 Å². The highest BCUT2D eigenvalue weighted by atomic mass is 32.2. The molecule has 0 spiro atoms. The van der Waals surface area contributed by atoms with Gasteiger partial charge in [0.25, 0.3) is 10.0 Å². The Balaban J connectivity index is 2.08. The molecule has 2 rings (SSSR count). The molecule has 1 saturated carbocycles. The van der Waals surface area contributed by atoms with Crippen molar-refractivity contribution in [3.8, 4) is 0 Å². The van der Waals surface area contributed by atoms with E-state index in [-0.39, 0.29) is 5.54 Å². The van der Waals surface area contributed by atoms with Crippen molar-refractivity contribution in [3.63, 3.8) is 0 Å². The van der Waals surface area contributed by atoms with Crippen LogP contribution in [0, 0.1) is 0 Å². The van der Waals surface area contributed by atoms with Crippen LogP contribution in [0.4, 0.5) is 0 Å². The molecule has 0 atom stereocenters. The molecular formula is C13H22N2O2S2. The van der Waals surface area contributed by atoms with Crippen molar-refractivity contribution in [2.75, 3.05) is 13.6 Å². The Morgan fingerprint density at radius 3 is 2.63 bits per heavy atom. The van der Waals surface area contributed by atoms with E-state index in [0.29, 0.717) is 4.21 Å². The minimum absolute atomic E-state index is 0.187. The van der Waals surface area contributed by atoms with Crippen LogP contribution in [-0.2, 0) is 16.4 Å². The second kappa shape index (κ2) is 5.91. The topological polar surface area (TPSA) is 58.2 Å². The summed E-state index contributed by atoms with van der Waals surface area (Å²) in [5.41, 5.74) is -0.187. The maximum atomic E-state index is 12.4. The second-order valence-electron chi connectivity index (χ2n) is 5.17. The van der Waals surface area contributed by atoms with Gasteiger partial charge < -0.3 is 5.32 Å². The molecule has 1 aromatic heterocycles. The first-order valence-corrected chi connectivity index (χ1v) is 9.09. The molecule has 0 aliphatic heterocycles. The molecule has 1 fully saturated rings. The molecule has 0 saturated heterocycles. The molecule has 108 valence electrons. The number of nitrogens with one attached hydrogen (secondary N) is 2. The van der Waals surface area contributed by atoms with Crippen molar-refractivity contribution in [3.05, 3.63) is 17.0 Å². The molecule has 1 aromatic rings. The Bertz CT molecular complexity index is 513. The normalized spacial score (nSPS) is 18.2. The van der Waals surface area contributed by atoms with Crippen molar-refractivity contribution >= 4 is 21.4 Å². The van der Waals surface area contributed by atoms with E-state index < -0.39 is 10.0 Å². The highest BCUT2D eigenvalue weighted by Crippen LogP contribution is 2.36. The number of hydrogen-bond acceptors (Lipinski definition) is 4. The number of likely N-dealkylation sites (N-methyl/N-ethyl adjacent to an activating group) is 1. The summed E-state index contributed by atoms with van der Waals surface area (Å²) in [6, 6.07) is 3.63. The van der Waals surface area contributed by atoms with Gasteiger partial charge in [0.1, 0.15) is 4.21 Å². The van der Waals surface area contributed by atoms with Crippen LogP contribution in [-0.4, -0.2) is 27.5 Å². The Hall–Kier alpha value is -0.430. The van der Waals surface area contributed by atoms with Crippen molar-refractivity contribution < 1.29 is 8.42 Å². The molecule has 1 aliphatic carbocycles. The molecule has 1 heterocycles. The van der Waals surface area contributed by atoms with E-state index in [1.54, 1.807) is 6.07 Å². The van der Waals surface area contributed by atoms with E-state index in [2.05, 4.69) is 17.0 Å². The van der Waals surface area contributed by atoms with Crippen LogP contribution in [0.5, 0.6) is 0 Å². The first kappa shape index (κ1) is 15.0. The third kappa shape index (κ3) is 3.37. The minimum Gasteiger partial charge on any atom is -0.319 e. The summed E-state index contributed by atoms with van der Waals surface area (Å²) in [5, 5.41) is 3.07. The van der Waals surface area contributed by atoms with Crippen molar-refractivity contribution in [2.45, 2.75) is 48.8 Å². The number of sulfonamides is 1. The molecule has 2 N–H and O–H groups in total. The first-order valence-electron chi connectivity index (χ1n) is 6.79. The van der Waals surface area contributed by atoms with Gasteiger partial charge in [0.05, 0.1) is 0 Å². The van der Waals surface area contributed by atoms with Crippen LogP contribution in [0.3, 0.4) is 0 Å². The lowest BCUT2D eigenvalue weighted by atomic mass is 9.76. The van der Waals surface area contributed by atoms with Gasteiger partial charge in [-0.1, -0.05) is 6.92 Å². The van der Waals surface area contributed by atoms with Gasteiger partial charge in [0, 0.05) is 10.4 Å². The van der Waals surface area contributed by atoms with E-state index >= 15 is 0 Å². The standard InChI is InChI=1S/C13H22N2O2S2/c1-3-13(8-4-9-13)15-19(16,17)12-6-5-11(18-12)7-10-14-2/h5-6,14-15H,3-4,7-10H2,1-2H3. The van der Waals surface area contributed by atoms with Crippen LogP contribution >= 0.6 is 11.3 Å². The van der Waals surface area contributed by atoms with Crippen LogP contribution < -0.4 is 10.0 Å². The van der Waals surface area contributed by atoms with Gasteiger partial charge in [0.2, 0.25) is 0 Å². The first-order chi connectivity index (χ1) is 9.01. The molecule has 0 unspecified atom stereocenters. The molecular weight excluding hydrogens is 280 g/mol. The van der Waals surface area contributed by atoms with Gasteiger partial charge in [-0.2, -0.15) is 0 Å². The van der Waals surface area contributed by atoms with Gasteiger partial charge in [-0.3, -0.25) is 0 Å². The van der Waals surface area contributed by atoms with Gasteiger partial charge in [-0.25, -0.2) is 13.1 Å². The van der Waals surface area contributed by atoms with Gasteiger partial charge >= 0.3 is 0 Å². The maximum Gasteiger partial charge on any atom is 0.250 e. The minimum atomic E-state index is -3.35. The summed E-state index contributed by atoms with van der Waals surface area (Å²) in [6.07, 6.45) is 4.77. The van der Waals surface area contributed by atoms with Crippen molar-refractivity contribution in [1.29, 1.82) is 0 Å². The zero-order chi connectivity index (χ0) is 13.9. The summed E-state index contributed by atoms with van der Waals surface area (Å²) in [5.74, 6) is 0. The fourth-order valence-corrected chi connectivity index (χ4v) is 5.24. The van der Waals surface area contributed by atoms with Crippen molar-refractivity contribution in [1.82, 2.24) is 10.0 Å².